The van der Waals surface area contributed by atoms with Crippen LogP contribution < -0.4 is 20.1 Å². The van der Waals surface area contributed by atoms with Crippen LogP contribution in [0.15, 0.2) is 42.5 Å². The topological polar surface area (TPSA) is 59.6 Å². The molecule has 0 fully saturated rings. The fourth-order valence-corrected chi connectivity index (χ4v) is 2.07. The predicted octanol–water partition coefficient (Wildman–Crippen LogP) is 3.41. The van der Waals surface area contributed by atoms with E-state index in [0.29, 0.717) is 27.9 Å². The third-order valence-electron chi connectivity index (χ3n) is 2.99. The van der Waals surface area contributed by atoms with E-state index in [2.05, 4.69) is 10.6 Å². The highest BCUT2D eigenvalue weighted by atomic mass is 35.5. The van der Waals surface area contributed by atoms with E-state index < -0.39 is 0 Å². The molecule has 2 rings (SSSR count). The largest absolute Gasteiger partial charge is 0.497 e. The Morgan fingerprint density at radius 1 is 1.09 bits per heavy atom. The summed E-state index contributed by atoms with van der Waals surface area (Å²) in [5.74, 6) is 1.10. The molecule has 2 aromatic carbocycles. The van der Waals surface area contributed by atoms with Crippen LogP contribution in [-0.2, 0) is 4.79 Å². The van der Waals surface area contributed by atoms with Crippen molar-refractivity contribution < 1.29 is 14.3 Å². The van der Waals surface area contributed by atoms with Crippen LogP contribution >= 0.6 is 11.6 Å². The number of para-hydroxylation sites is 1. The van der Waals surface area contributed by atoms with Gasteiger partial charge in [0.15, 0.2) is 0 Å². The van der Waals surface area contributed by atoms with Gasteiger partial charge in [0.25, 0.3) is 0 Å². The summed E-state index contributed by atoms with van der Waals surface area (Å²) in [6.07, 6.45) is 0. The molecule has 2 aromatic rings. The number of halogens is 1. The van der Waals surface area contributed by atoms with E-state index in [9.17, 15) is 4.79 Å². The number of carbonyl (C=O) groups excluding carboxylic acids is 1. The molecule has 0 saturated heterocycles. The Morgan fingerprint density at radius 3 is 2.55 bits per heavy atom. The van der Waals surface area contributed by atoms with Gasteiger partial charge < -0.3 is 20.1 Å². The Morgan fingerprint density at radius 2 is 1.86 bits per heavy atom. The molecule has 0 aliphatic carbocycles. The van der Waals surface area contributed by atoms with Gasteiger partial charge in [0, 0.05) is 6.07 Å². The Kier molecular flexibility index (Phi) is 5.49. The minimum absolute atomic E-state index is 0.0781. The van der Waals surface area contributed by atoms with Gasteiger partial charge in [0.05, 0.1) is 37.2 Å². The summed E-state index contributed by atoms with van der Waals surface area (Å²) >= 11 is 6.00. The van der Waals surface area contributed by atoms with Gasteiger partial charge in [-0.15, -0.1) is 0 Å². The average molecular weight is 321 g/mol. The van der Waals surface area contributed by atoms with Crippen molar-refractivity contribution in [2.45, 2.75) is 0 Å². The van der Waals surface area contributed by atoms with Crippen molar-refractivity contribution in [1.82, 2.24) is 0 Å². The second-order valence-corrected chi connectivity index (χ2v) is 4.85. The van der Waals surface area contributed by atoms with E-state index in [1.54, 1.807) is 56.7 Å². The van der Waals surface area contributed by atoms with Crippen molar-refractivity contribution in [2.24, 2.45) is 0 Å². The van der Waals surface area contributed by atoms with Gasteiger partial charge in [-0.3, -0.25) is 4.79 Å². The molecule has 0 unspecified atom stereocenters. The molecule has 0 radical (unpaired) electrons. The average Bonchev–Trinajstić information content (AvgIpc) is 2.54. The first-order valence-corrected chi connectivity index (χ1v) is 7.02. The van der Waals surface area contributed by atoms with Crippen LogP contribution in [0.5, 0.6) is 11.5 Å². The molecule has 0 saturated carbocycles. The number of anilines is 2. The highest BCUT2D eigenvalue weighted by Crippen LogP contribution is 2.28. The highest BCUT2D eigenvalue weighted by Gasteiger charge is 2.08. The smallest absolute Gasteiger partial charge is 0.243 e. The molecule has 1 amide bonds. The molecule has 0 bridgehead atoms. The van der Waals surface area contributed by atoms with E-state index >= 15 is 0 Å². The van der Waals surface area contributed by atoms with Crippen molar-refractivity contribution in [3.8, 4) is 11.5 Å². The van der Waals surface area contributed by atoms with Crippen LogP contribution in [0.3, 0.4) is 0 Å². The molecular formula is C16H17ClN2O3. The van der Waals surface area contributed by atoms with E-state index in [0.717, 1.165) is 0 Å². The summed E-state index contributed by atoms with van der Waals surface area (Å²) in [4.78, 5) is 12.0. The van der Waals surface area contributed by atoms with E-state index in [1.165, 1.54) is 0 Å². The fraction of sp³-hybridized carbons (Fsp3) is 0.188. The van der Waals surface area contributed by atoms with Gasteiger partial charge in [-0.1, -0.05) is 23.7 Å². The third-order valence-corrected chi connectivity index (χ3v) is 3.32. The summed E-state index contributed by atoms with van der Waals surface area (Å²) in [7, 11) is 3.15. The summed E-state index contributed by atoms with van der Waals surface area (Å²) in [6, 6.07) is 12.4. The number of amides is 1. The summed E-state index contributed by atoms with van der Waals surface area (Å²) < 4.78 is 10.4. The maximum Gasteiger partial charge on any atom is 0.243 e. The molecule has 116 valence electrons. The Bertz CT molecular complexity index is 662. The van der Waals surface area contributed by atoms with E-state index in [-0.39, 0.29) is 12.5 Å². The van der Waals surface area contributed by atoms with Gasteiger partial charge in [-0.25, -0.2) is 0 Å². The summed E-state index contributed by atoms with van der Waals surface area (Å²) in [5, 5.41) is 6.25. The zero-order chi connectivity index (χ0) is 15.9. The number of hydrogen-bond donors (Lipinski definition) is 2. The Labute approximate surface area is 134 Å². The lowest BCUT2D eigenvalue weighted by atomic mass is 10.2. The molecule has 6 heteroatoms. The number of nitrogens with one attached hydrogen (secondary N) is 2. The fourth-order valence-electron chi connectivity index (χ4n) is 1.88. The number of carbonyl (C=O) groups is 1. The number of methoxy groups -OCH3 is 2. The minimum Gasteiger partial charge on any atom is -0.497 e. The quantitative estimate of drug-likeness (QED) is 0.856. The predicted molar refractivity (Wildman–Crippen MR) is 88.1 cm³/mol. The monoisotopic (exact) mass is 320 g/mol. The van der Waals surface area contributed by atoms with Gasteiger partial charge in [0.2, 0.25) is 5.91 Å². The van der Waals surface area contributed by atoms with Crippen molar-refractivity contribution >= 4 is 28.9 Å². The molecule has 2 N–H and O–H groups in total. The van der Waals surface area contributed by atoms with Crippen molar-refractivity contribution in [2.75, 3.05) is 31.4 Å². The van der Waals surface area contributed by atoms with Crippen LogP contribution in [-0.4, -0.2) is 26.7 Å². The first kappa shape index (κ1) is 16.0. The molecule has 0 heterocycles. The third kappa shape index (κ3) is 4.05. The van der Waals surface area contributed by atoms with Gasteiger partial charge in [-0.2, -0.15) is 0 Å². The van der Waals surface area contributed by atoms with Crippen LogP contribution in [0.25, 0.3) is 0 Å². The van der Waals surface area contributed by atoms with Gasteiger partial charge >= 0.3 is 0 Å². The lowest BCUT2D eigenvalue weighted by molar-refractivity contribution is -0.114. The number of rotatable bonds is 6. The second kappa shape index (κ2) is 7.56. The maximum atomic E-state index is 12.0. The maximum absolute atomic E-state index is 12.0. The standard InChI is InChI=1S/C16H17ClN2O3/c1-21-11-7-8-15(22-2)14(9-11)18-10-16(20)19-13-6-4-3-5-12(13)17/h3-9,18H,10H2,1-2H3,(H,19,20). The lowest BCUT2D eigenvalue weighted by Crippen LogP contribution is -2.22. The SMILES string of the molecule is COc1ccc(OC)c(NCC(=O)Nc2ccccc2Cl)c1. The number of hydrogen-bond acceptors (Lipinski definition) is 4. The Hall–Kier alpha value is -2.40. The summed E-state index contributed by atoms with van der Waals surface area (Å²) in [5.41, 5.74) is 1.25. The molecule has 22 heavy (non-hydrogen) atoms. The zero-order valence-corrected chi connectivity index (χ0v) is 13.1. The van der Waals surface area contributed by atoms with Crippen molar-refractivity contribution in [1.29, 1.82) is 0 Å². The van der Waals surface area contributed by atoms with Crippen LogP contribution in [0.1, 0.15) is 0 Å². The van der Waals surface area contributed by atoms with Crippen LogP contribution in [0, 0.1) is 0 Å². The Balaban J connectivity index is 2.00. The van der Waals surface area contributed by atoms with Crippen LogP contribution in [0.4, 0.5) is 11.4 Å². The number of ether oxygens (including phenoxy) is 2. The zero-order valence-electron chi connectivity index (χ0n) is 12.4. The van der Waals surface area contributed by atoms with Crippen LogP contribution in [0.2, 0.25) is 5.02 Å². The number of benzene rings is 2. The molecule has 0 aliphatic heterocycles. The van der Waals surface area contributed by atoms with Crippen molar-refractivity contribution in [3.05, 3.63) is 47.5 Å². The minimum atomic E-state index is -0.210. The first-order chi connectivity index (χ1) is 10.6. The highest BCUT2D eigenvalue weighted by molar-refractivity contribution is 6.33. The second-order valence-electron chi connectivity index (χ2n) is 4.45. The molecular weight excluding hydrogens is 304 g/mol. The normalized spacial score (nSPS) is 9.95. The van der Waals surface area contributed by atoms with Gasteiger partial charge in [0.1, 0.15) is 11.5 Å². The first-order valence-electron chi connectivity index (χ1n) is 6.64. The van der Waals surface area contributed by atoms with Gasteiger partial charge in [-0.05, 0) is 24.3 Å². The molecule has 0 aromatic heterocycles. The lowest BCUT2D eigenvalue weighted by Gasteiger charge is -2.13. The summed E-state index contributed by atoms with van der Waals surface area (Å²) in [6.45, 7) is 0.0781. The van der Waals surface area contributed by atoms with E-state index in [4.69, 9.17) is 21.1 Å². The molecule has 5 nitrogen and oxygen atoms in total. The molecule has 0 atom stereocenters. The van der Waals surface area contributed by atoms with Crippen molar-refractivity contribution in [3.63, 3.8) is 0 Å². The van der Waals surface area contributed by atoms with E-state index in [1.807, 2.05) is 0 Å². The molecule has 0 spiro atoms. The molecule has 0 aliphatic rings.